The second-order valence-corrected chi connectivity index (χ2v) is 4.43. The zero-order valence-corrected chi connectivity index (χ0v) is 11.0. The van der Waals surface area contributed by atoms with Gasteiger partial charge in [-0.2, -0.15) is 0 Å². The van der Waals surface area contributed by atoms with Gasteiger partial charge in [-0.15, -0.1) is 0 Å². The fourth-order valence-corrected chi connectivity index (χ4v) is 2.13. The number of H-pyrrole nitrogens is 1. The van der Waals surface area contributed by atoms with Crippen molar-refractivity contribution in [2.75, 3.05) is 12.4 Å². The van der Waals surface area contributed by atoms with Crippen LogP contribution >= 0.6 is 0 Å². The smallest absolute Gasteiger partial charge is 0.255 e. The Morgan fingerprint density at radius 3 is 2.65 bits per heavy atom. The van der Waals surface area contributed by atoms with E-state index in [0.717, 1.165) is 22.3 Å². The monoisotopic (exact) mass is 266 g/mol. The van der Waals surface area contributed by atoms with Crippen molar-refractivity contribution in [1.29, 1.82) is 0 Å². The molecular formula is C16H14N2O2. The number of rotatable bonds is 3. The van der Waals surface area contributed by atoms with Gasteiger partial charge < -0.3 is 15.0 Å². The highest BCUT2D eigenvalue weighted by molar-refractivity contribution is 6.08. The lowest BCUT2D eigenvalue weighted by Gasteiger charge is -2.07. The third-order valence-corrected chi connectivity index (χ3v) is 3.20. The zero-order valence-electron chi connectivity index (χ0n) is 11.0. The second kappa shape index (κ2) is 5.09. The number of hydrogen-bond acceptors (Lipinski definition) is 2. The summed E-state index contributed by atoms with van der Waals surface area (Å²) in [6.07, 6.45) is 1.85. The van der Waals surface area contributed by atoms with Crippen LogP contribution in [0.2, 0.25) is 0 Å². The molecule has 0 saturated heterocycles. The summed E-state index contributed by atoms with van der Waals surface area (Å²) < 4.78 is 5.08. The molecule has 0 aliphatic carbocycles. The van der Waals surface area contributed by atoms with E-state index in [0.29, 0.717) is 5.56 Å². The minimum Gasteiger partial charge on any atom is -0.497 e. The van der Waals surface area contributed by atoms with Crippen LogP contribution in [0, 0.1) is 0 Å². The van der Waals surface area contributed by atoms with Crippen molar-refractivity contribution in [3.05, 3.63) is 60.3 Å². The molecule has 20 heavy (non-hydrogen) atoms. The van der Waals surface area contributed by atoms with E-state index in [1.54, 1.807) is 31.4 Å². The Bertz CT molecular complexity index is 745. The van der Waals surface area contributed by atoms with Crippen LogP contribution in [0.5, 0.6) is 5.75 Å². The normalized spacial score (nSPS) is 10.4. The van der Waals surface area contributed by atoms with E-state index in [2.05, 4.69) is 10.3 Å². The van der Waals surface area contributed by atoms with Crippen molar-refractivity contribution in [3.8, 4) is 5.75 Å². The third-order valence-electron chi connectivity index (χ3n) is 3.20. The first-order chi connectivity index (χ1) is 9.78. The lowest BCUT2D eigenvalue weighted by Crippen LogP contribution is -2.11. The molecule has 0 spiro atoms. The van der Waals surface area contributed by atoms with Crippen LogP contribution in [0.3, 0.4) is 0 Å². The number of anilines is 1. The van der Waals surface area contributed by atoms with Crippen molar-refractivity contribution in [2.24, 2.45) is 0 Å². The summed E-state index contributed by atoms with van der Waals surface area (Å²) in [5, 5.41) is 3.92. The van der Waals surface area contributed by atoms with Crippen molar-refractivity contribution in [2.45, 2.75) is 0 Å². The summed E-state index contributed by atoms with van der Waals surface area (Å²) in [5.41, 5.74) is 2.39. The molecule has 1 aromatic heterocycles. The molecule has 0 fully saturated rings. The quantitative estimate of drug-likeness (QED) is 0.763. The maximum absolute atomic E-state index is 12.2. The number of hydrogen-bond donors (Lipinski definition) is 2. The number of carbonyl (C=O) groups is 1. The number of aromatic amines is 1. The first-order valence-corrected chi connectivity index (χ1v) is 6.29. The van der Waals surface area contributed by atoms with E-state index in [1.807, 2.05) is 30.5 Å². The van der Waals surface area contributed by atoms with Gasteiger partial charge in [0.2, 0.25) is 0 Å². The first-order valence-electron chi connectivity index (χ1n) is 6.29. The number of amides is 1. The Morgan fingerprint density at radius 1 is 1.10 bits per heavy atom. The van der Waals surface area contributed by atoms with Crippen molar-refractivity contribution in [1.82, 2.24) is 4.98 Å². The highest BCUT2D eigenvalue weighted by atomic mass is 16.5. The molecule has 1 amide bonds. The van der Waals surface area contributed by atoms with Crippen molar-refractivity contribution in [3.63, 3.8) is 0 Å². The van der Waals surface area contributed by atoms with E-state index in [-0.39, 0.29) is 5.91 Å². The Labute approximate surface area is 116 Å². The average molecular weight is 266 g/mol. The standard InChI is InChI=1S/C16H14N2O2/c1-20-12-7-5-11(6-8-12)16(19)18-15-4-2-3-14-13(15)9-10-17-14/h2-10,17H,1H3,(H,18,19). The maximum atomic E-state index is 12.2. The van der Waals surface area contributed by atoms with Crippen molar-refractivity contribution >= 4 is 22.5 Å². The summed E-state index contributed by atoms with van der Waals surface area (Å²) in [4.78, 5) is 15.3. The summed E-state index contributed by atoms with van der Waals surface area (Å²) >= 11 is 0. The van der Waals surface area contributed by atoms with Crippen LogP contribution in [0.25, 0.3) is 10.9 Å². The van der Waals surface area contributed by atoms with Gasteiger partial charge in [-0.1, -0.05) is 6.07 Å². The highest BCUT2D eigenvalue weighted by Crippen LogP contribution is 2.23. The molecule has 4 nitrogen and oxygen atoms in total. The van der Waals surface area contributed by atoms with E-state index in [9.17, 15) is 4.79 Å². The molecule has 0 radical (unpaired) electrons. The van der Waals surface area contributed by atoms with Gasteiger partial charge in [0.1, 0.15) is 5.75 Å². The third kappa shape index (κ3) is 2.23. The zero-order chi connectivity index (χ0) is 13.9. The molecular weight excluding hydrogens is 252 g/mol. The lowest BCUT2D eigenvalue weighted by molar-refractivity contribution is 0.102. The number of carbonyl (C=O) groups excluding carboxylic acids is 1. The van der Waals surface area contributed by atoms with E-state index < -0.39 is 0 Å². The molecule has 3 aromatic rings. The van der Waals surface area contributed by atoms with Gasteiger partial charge in [0.05, 0.1) is 12.8 Å². The lowest BCUT2D eigenvalue weighted by atomic mass is 10.1. The van der Waals surface area contributed by atoms with Crippen LogP contribution in [0.4, 0.5) is 5.69 Å². The predicted molar refractivity (Wildman–Crippen MR) is 79.2 cm³/mol. The molecule has 0 aliphatic rings. The molecule has 0 saturated carbocycles. The van der Waals surface area contributed by atoms with E-state index in [1.165, 1.54) is 0 Å². The number of benzene rings is 2. The first kappa shape index (κ1) is 12.3. The molecule has 1 heterocycles. The van der Waals surface area contributed by atoms with Gasteiger partial charge in [0.15, 0.2) is 0 Å². The SMILES string of the molecule is COc1ccc(C(=O)Nc2cccc3[nH]ccc23)cc1. The van der Waals surface area contributed by atoms with Gasteiger partial charge in [-0.05, 0) is 42.5 Å². The summed E-state index contributed by atoms with van der Waals surface area (Å²) in [5.74, 6) is 0.593. The topological polar surface area (TPSA) is 54.1 Å². The van der Waals surface area contributed by atoms with Crippen LogP contribution in [-0.4, -0.2) is 18.0 Å². The second-order valence-electron chi connectivity index (χ2n) is 4.43. The average Bonchev–Trinajstić information content (AvgIpc) is 2.97. The molecule has 4 heteroatoms. The highest BCUT2D eigenvalue weighted by Gasteiger charge is 2.08. The van der Waals surface area contributed by atoms with Crippen LogP contribution < -0.4 is 10.1 Å². The Kier molecular flexibility index (Phi) is 3.13. The molecule has 0 unspecified atom stereocenters. The fraction of sp³-hybridized carbons (Fsp3) is 0.0625. The molecule has 0 bridgehead atoms. The Hall–Kier alpha value is -2.75. The molecule has 0 atom stereocenters. The van der Waals surface area contributed by atoms with Gasteiger partial charge in [0.25, 0.3) is 5.91 Å². The van der Waals surface area contributed by atoms with E-state index >= 15 is 0 Å². The number of nitrogens with one attached hydrogen (secondary N) is 2. The van der Waals surface area contributed by atoms with Gasteiger partial charge in [-0.3, -0.25) is 4.79 Å². The minimum absolute atomic E-state index is 0.138. The van der Waals surface area contributed by atoms with Gasteiger partial charge in [-0.25, -0.2) is 0 Å². The minimum atomic E-state index is -0.138. The number of aromatic nitrogens is 1. The van der Waals surface area contributed by atoms with E-state index in [4.69, 9.17) is 4.74 Å². The predicted octanol–water partition coefficient (Wildman–Crippen LogP) is 3.43. The fourth-order valence-electron chi connectivity index (χ4n) is 2.13. The maximum Gasteiger partial charge on any atom is 0.255 e. The van der Waals surface area contributed by atoms with Crippen LogP contribution in [0.1, 0.15) is 10.4 Å². The van der Waals surface area contributed by atoms with Crippen molar-refractivity contribution < 1.29 is 9.53 Å². The summed E-state index contributed by atoms with van der Waals surface area (Å²) in [7, 11) is 1.60. The summed E-state index contributed by atoms with van der Waals surface area (Å²) in [6.45, 7) is 0. The number of ether oxygens (including phenoxy) is 1. The number of methoxy groups -OCH3 is 1. The summed E-state index contributed by atoms with van der Waals surface area (Å²) in [6, 6.07) is 14.7. The van der Waals surface area contributed by atoms with Crippen LogP contribution in [-0.2, 0) is 0 Å². The Balaban J connectivity index is 1.86. The van der Waals surface area contributed by atoms with Crippen LogP contribution in [0.15, 0.2) is 54.7 Å². The molecule has 2 N–H and O–H groups in total. The van der Waals surface area contributed by atoms with Gasteiger partial charge >= 0.3 is 0 Å². The number of fused-ring (bicyclic) bond motifs is 1. The molecule has 0 aliphatic heterocycles. The largest absolute Gasteiger partial charge is 0.497 e. The Morgan fingerprint density at radius 2 is 1.90 bits per heavy atom. The van der Waals surface area contributed by atoms with Gasteiger partial charge in [0, 0.05) is 22.7 Å². The molecule has 3 rings (SSSR count). The molecule has 2 aromatic carbocycles. The molecule has 100 valence electrons.